The van der Waals surface area contributed by atoms with Gasteiger partial charge in [0.25, 0.3) is 0 Å². The maximum atomic E-state index is 11.1. The highest BCUT2D eigenvalue weighted by Gasteiger charge is 2.20. The topological polar surface area (TPSA) is 35.5 Å². The Bertz CT molecular complexity index is 166. The van der Waals surface area contributed by atoms with E-state index in [0.717, 1.165) is 11.4 Å². The molecule has 0 fully saturated rings. The van der Waals surface area contributed by atoms with Crippen LogP contribution in [0.15, 0.2) is 0 Å². The van der Waals surface area contributed by atoms with Crippen molar-refractivity contribution < 1.29 is 13.6 Å². The van der Waals surface area contributed by atoms with Gasteiger partial charge in [-0.3, -0.25) is 0 Å². The molecule has 0 amide bonds. The predicted octanol–water partition coefficient (Wildman–Crippen LogP) is 1.75. The lowest BCUT2D eigenvalue weighted by Crippen LogP contribution is -1.83. The Balaban J connectivity index is 3.85. The molecule has 0 unspecified atom stereocenters. The summed E-state index contributed by atoms with van der Waals surface area (Å²) in [6.07, 6.45) is 4.94. The maximum Gasteiger partial charge on any atom is 0.389 e. The summed E-state index contributed by atoms with van der Waals surface area (Å²) in [5.41, 5.74) is 0. The van der Waals surface area contributed by atoms with Gasteiger partial charge in [0.05, 0.1) is 5.75 Å². The molecule has 0 aliphatic rings. The molecule has 58 valence electrons. The minimum absolute atomic E-state index is 0.332. The van der Waals surface area contributed by atoms with Gasteiger partial charge >= 0.3 is 6.80 Å². The summed E-state index contributed by atoms with van der Waals surface area (Å²) in [5, 5.41) is 0. The number of terminal acetylenes is 1. The molecule has 0 aromatic carbocycles. The normalized spacial score (nSPS) is 10.9. The Kier molecular flexibility index (Phi) is 4.84. The quantitative estimate of drug-likeness (QED) is 0.487. The van der Waals surface area contributed by atoms with Gasteiger partial charge in [-0.05, 0) is 11.4 Å². The zero-order valence-corrected chi connectivity index (χ0v) is 7.58. The highest BCUT2D eigenvalue weighted by Crippen LogP contribution is 2.58. The van der Waals surface area contributed by atoms with Crippen LogP contribution in [0.5, 0.6) is 0 Å². The van der Waals surface area contributed by atoms with Gasteiger partial charge in [0.15, 0.2) is 0 Å². The van der Waals surface area contributed by atoms with Crippen LogP contribution in [-0.4, -0.2) is 20.0 Å². The summed E-state index contributed by atoms with van der Waals surface area (Å²) in [6.45, 7) is -2.92. The first-order chi connectivity index (χ1) is 4.68. The molecule has 10 heavy (non-hydrogen) atoms. The first kappa shape index (κ1) is 10.1. The SMILES string of the molecule is C#CCSP(=O)(OC)OC. The molecule has 0 saturated carbocycles. The monoisotopic (exact) mass is 180 g/mol. The molecule has 0 aliphatic carbocycles. The first-order valence-corrected chi connectivity index (χ1v) is 5.61. The fraction of sp³-hybridized carbons (Fsp3) is 0.600. The Morgan fingerprint density at radius 1 is 1.60 bits per heavy atom. The van der Waals surface area contributed by atoms with E-state index in [-0.39, 0.29) is 0 Å². The van der Waals surface area contributed by atoms with Crippen LogP contribution in [0.4, 0.5) is 0 Å². The van der Waals surface area contributed by atoms with Crippen molar-refractivity contribution in [1.29, 1.82) is 0 Å². The molecule has 0 aromatic heterocycles. The van der Waals surface area contributed by atoms with E-state index in [0.29, 0.717) is 5.75 Å². The van der Waals surface area contributed by atoms with Gasteiger partial charge in [-0.15, -0.1) is 6.42 Å². The van der Waals surface area contributed by atoms with E-state index < -0.39 is 6.80 Å². The third-order valence-electron chi connectivity index (χ3n) is 0.753. The van der Waals surface area contributed by atoms with Crippen LogP contribution in [0, 0.1) is 12.3 Å². The molecule has 3 nitrogen and oxygen atoms in total. The minimum Gasteiger partial charge on any atom is -0.304 e. The molecule has 0 aliphatic heterocycles. The Morgan fingerprint density at radius 3 is 2.40 bits per heavy atom. The zero-order chi connectivity index (χ0) is 8.04. The molecular weight excluding hydrogens is 171 g/mol. The van der Waals surface area contributed by atoms with E-state index >= 15 is 0 Å². The lowest BCUT2D eigenvalue weighted by Gasteiger charge is -2.09. The smallest absolute Gasteiger partial charge is 0.304 e. The minimum atomic E-state index is -2.92. The third-order valence-corrected chi connectivity index (χ3v) is 4.49. The standard InChI is InChI=1S/C5H9O3PS/c1-4-5-10-9(6,7-2)8-3/h1H,5H2,2-3H3. The number of hydrogen-bond donors (Lipinski definition) is 0. The Hall–Kier alpha value is 0.0600. The van der Waals surface area contributed by atoms with Crippen LogP contribution in [0.3, 0.4) is 0 Å². The zero-order valence-electron chi connectivity index (χ0n) is 5.86. The Labute approximate surface area is 64.8 Å². The van der Waals surface area contributed by atoms with Crippen molar-refractivity contribution in [3.05, 3.63) is 0 Å². The van der Waals surface area contributed by atoms with Crippen LogP contribution in [0.2, 0.25) is 0 Å². The van der Waals surface area contributed by atoms with Crippen molar-refractivity contribution in [2.45, 2.75) is 0 Å². The average Bonchev–Trinajstić information content (AvgIpc) is 2.00. The van der Waals surface area contributed by atoms with Gasteiger partial charge in [-0.25, -0.2) is 4.57 Å². The van der Waals surface area contributed by atoms with E-state index in [4.69, 9.17) is 6.42 Å². The lowest BCUT2D eigenvalue weighted by molar-refractivity contribution is 0.295. The van der Waals surface area contributed by atoms with E-state index in [1.54, 1.807) is 0 Å². The lowest BCUT2D eigenvalue weighted by atomic mass is 10.8. The van der Waals surface area contributed by atoms with Crippen molar-refractivity contribution in [2.75, 3.05) is 20.0 Å². The summed E-state index contributed by atoms with van der Waals surface area (Å²) < 4.78 is 20.3. The third kappa shape index (κ3) is 3.28. The highest BCUT2D eigenvalue weighted by atomic mass is 32.7. The van der Waals surface area contributed by atoms with Gasteiger partial charge < -0.3 is 9.05 Å². The van der Waals surface area contributed by atoms with Crippen molar-refractivity contribution in [1.82, 2.24) is 0 Å². The van der Waals surface area contributed by atoms with Crippen LogP contribution in [0.1, 0.15) is 0 Å². The molecular formula is C5H9O3PS. The molecule has 5 heteroatoms. The van der Waals surface area contributed by atoms with Crippen molar-refractivity contribution in [3.63, 3.8) is 0 Å². The van der Waals surface area contributed by atoms with Crippen LogP contribution in [0.25, 0.3) is 0 Å². The summed E-state index contributed by atoms with van der Waals surface area (Å²) in [5.74, 6) is 2.66. The van der Waals surface area contributed by atoms with Crippen molar-refractivity contribution in [2.24, 2.45) is 0 Å². The highest BCUT2D eigenvalue weighted by molar-refractivity contribution is 8.55. The van der Waals surface area contributed by atoms with E-state index in [1.807, 2.05) is 0 Å². The summed E-state index contributed by atoms with van der Waals surface area (Å²) in [6, 6.07) is 0. The van der Waals surface area contributed by atoms with Crippen LogP contribution < -0.4 is 0 Å². The first-order valence-electron chi connectivity index (χ1n) is 2.48. The molecule has 0 heterocycles. The second-order valence-electron chi connectivity index (χ2n) is 1.29. The van der Waals surface area contributed by atoms with Gasteiger partial charge in [0, 0.05) is 14.2 Å². The van der Waals surface area contributed by atoms with E-state index in [9.17, 15) is 4.57 Å². The summed E-state index contributed by atoms with van der Waals surface area (Å²) in [4.78, 5) is 0. The average molecular weight is 180 g/mol. The number of hydrogen-bond acceptors (Lipinski definition) is 4. The molecule has 0 radical (unpaired) electrons. The van der Waals surface area contributed by atoms with E-state index in [1.165, 1.54) is 14.2 Å². The summed E-state index contributed by atoms with van der Waals surface area (Å²) in [7, 11) is 2.65. The van der Waals surface area contributed by atoms with Gasteiger partial charge in [-0.2, -0.15) is 0 Å². The second-order valence-corrected chi connectivity index (χ2v) is 5.58. The van der Waals surface area contributed by atoms with Crippen molar-refractivity contribution >= 4 is 18.2 Å². The largest absolute Gasteiger partial charge is 0.389 e. The molecule has 0 spiro atoms. The molecule has 0 N–H and O–H groups in total. The van der Waals surface area contributed by atoms with Gasteiger partial charge in [0.2, 0.25) is 0 Å². The van der Waals surface area contributed by atoms with Crippen LogP contribution in [-0.2, 0) is 13.6 Å². The molecule has 0 atom stereocenters. The fourth-order valence-electron chi connectivity index (χ4n) is 0.296. The molecule has 0 rings (SSSR count). The second kappa shape index (κ2) is 4.81. The number of rotatable bonds is 4. The summed E-state index contributed by atoms with van der Waals surface area (Å²) >= 11 is 0.999. The van der Waals surface area contributed by atoms with Crippen LogP contribution >= 0.6 is 18.2 Å². The van der Waals surface area contributed by atoms with Gasteiger partial charge in [-0.1, -0.05) is 5.92 Å². The molecule has 0 bridgehead atoms. The molecule has 0 saturated heterocycles. The maximum absolute atomic E-state index is 11.1. The van der Waals surface area contributed by atoms with Gasteiger partial charge in [0.1, 0.15) is 0 Å². The Morgan fingerprint density at radius 2 is 2.10 bits per heavy atom. The predicted molar refractivity (Wildman–Crippen MR) is 42.9 cm³/mol. The molecule has 0 aromatic rings. The van der Waals surface area contributed by atoms with Crippen molar-refractivity contribution in [3.8, 4) is 12.3 Å². The fourth-order valence-corrected chi connectivity index (χ4v) is 2.22. The van der Waals surface area contributed by atoms with E-state index in [2.05, 4.69) is 15.0 Å².